The van der Waals surface area contributed by atoms with E-state index < -0.39 is 5.97 Å². The molecule has 0 unspecified atom stereocenters. The minimum absolute atomic E-state index is 0.200. The van der Waals surface area contributed by atoms with Crippen molar-refractivity contribution in [2.24, 2.45) is 0 Å². The number of carboxylic acids is 1. The van der Waals surface area contributed by atoms with Gasteiger partial charge in [-0.3, -0.25) is 0 Å². The fraction of sp³-hybridized carbons (Fsp3) is 0.364. The van der Waals surface area contributed by atoms with Crippen LogP contribution in [0.1, 0.15) is 28.9 Å². The number of carbonyl (C=O) groups is 1. The largest absolute Gasteiger partial charge is 0.477 e. The molecule has 0 aromatic carbocycles. The van der Waals surface area contributed by atoms with Crippen molar-refractivity contribution >= 4 is 5.97 Å². The van der Waals surface area contributed by atoms with Gasteiger partial charge in [0.05, 0.1) is 24.8 Å². The van der Waals surface area contributed by atoms with Gasteiger partial charge in [-0.2, -0.15) is 0 Å². The normalized spacial score (nSPS) is 10.7. The van der Waals surface area contributed by atoms with Crippen molar-refractivity contribution < 1.29 is 9.90 Å². The van der Waals surface area contributed by atoms with Crippen LogP contribution in [0.2, 0.25) is 0 Å². The van der Waals surface area contributed by atoms with Crippen LogP contribution in [-0.4, -0.2) is 30.2 Å². The van der Waals surface area contributed by atoms with Crippen LogP contribution in [-0.2, 0) is 13.1 Å². The Hall–Kier alpha value is -2.11. The van der Waals surface area contributed by atoms with Gasteiger partial charge in [-0.05, 0) is 13.8 Å². The third-order valence-corrected chi connectivity index (χ3v) is 2.73. The van der Waals surface area contributed by atoms with E-state index in [0.29, 0.717) is 12.4 Å². The molecule has 0 aliphatic rings. The number of aryl methyl sites for hydroxylation is 2. The molecule has 90 valence electrons. The smallest absolute Gasteiger partial charge is 0.354 e. The van der Waals surface area contributed by atoms with Crippen LogP contribution in [0, 0.1) is 6.92 Å². The molecule has 0 fully saturated rings. The molecule has 0 radical (unpaired) electrons. The molecule has 6 heteroatoms. The molecule has 17 heavy (non-hydrogen) atoms. The van der Waals surface area contributed by atoms with Crippen LogP contribution in [0.5, 0.6) is 0 Å². The zero-order chi connectivity index (χ0) is 12.4. The highest BCUT2D eigenvalue weighted by Gasteiger charge is 2.14. The third kappa shape index (κ3) is 2.06. The average molecular weight is 234 g/mol. The van der Waals surface area contributed by atoms with E-state index in [9.17, 15) is 4.79 Å². The fourth-order valence-corrected chi connectivity index (χ4v) is 1.77. The van der Waals surface area contributed by atoms with Gasteiger partial charge in [-0.25, -0.2) is 14.8 Å². The van der Waals surface area contributed by atoms with Crippen LogP contribution < -0.4 is 0 Å². The van der Waals surface area contributed by atoms with Gasteiger partial charge < -0.3 is 14.2 Å². The van der Waals surface area contributed by atoms with E-state index in [1.165, 1.54) is 6.20 Å². The molecule has 0 aliphatic heterocycles. The van der Waals surface area contributed by atoms with Gasteiger partial charge >= 0.3 is 5.97 Å². The topological polar surface area (TPSA) is 72.9 Å². The molecule has 0 amide bonds. The van der Waals surface area contributed by atoms with Crippen molar-refractivity contribution in [1.82, 2.24) is 19.1 Å². The highest BCUT2D eigenvalue weighted by atomic mass is 16.4. The van der Waals surface area contributed by atoms with Crippen LogP contribution in [0.3, 0.4) is 0 Å². The molecule has 0 atom stereocenters. The van der Waals surface area contributed by atoms with E-state index in [1.54, 1.807) is 24.0 Å². The molecule has 2 aromatic heterocycles. The number of hydrogen-bond acceptors (Lipinski definition) is 3. The van der Waals surface area contributed by atoms with Crippen LogP contribution in [0.4, 0.5) is 0 Å². The Bertz CT molecular complexity index is 541. The Balaban J connectivity index is 2.36. The average Bonchev–Trinajstić information content (AvgIpc) is 2.87. The van der Waals surface area contributed by atoms with Crippen LogP contribution in [0.15, 0.2) is 18.7 Å². The summed E-state index contributed by atoms with van der Waals surface area (Å²) < 4.78 is 3.65. The molecule has 2 aromatic rings. The first-order valence-electron chi connectivity index (χ1n) is 5.38. The molecule has 0 aliphatic carbocycles. The van der Waals surface area contributed by atoms with Gasteiger partial charge in [0.2, 0.25) is 0 Å². The molecule has 6 nitrogen and oxygen atoms in total. The lowest BCUT2D eigenvalue weighted by Gasteiger charge is -2.09. The SMILES string of the molecule is CCn1cncc1Cn1c(C(=O)O)cnc1C. The molecule has 1 N–H and O–H groups in total. The maximum Gasteiger partial charge on any atom is 0.354 e. The molecule has 0 spiro atoms. The standard InChI is InChI=1S/C11H14N4O2/c1-3-14-7-12-4-9(14)6-15-8(2)13-5-10(15)11(16)17/h4-5,7H,3,6H2,1-2H3,(H,16,17). The highest BCUT2D eigenvalue weighted by Crippen LogP contribution is 2.09. The van der Waals surface area contributed by atoms with Gasteiger partial charge in [0.15, 0.2) is 0 Å². The van der Waals surface area contributed by atoms with Crippen LogP contribution >= 0.6 is 0 Å². The summed E-state index contributed by atoms with van der Waals surface area (Å²) in [6.07, 6.45) is 4.86. The van der Waals surface area contributed by atoms with Crippen molar-refractivity contribution in [2.75, 3.05) is 0 Å². The van der Waals surface area contributed by atoms with E-state index in [2.05, 4.69) is 9.97 Å². The first-order valence-corrected chi connectivity index (χ1v) is 5.38. The summed E-state index contributed by atoms with van der Waals surface area (Å²) in [6.45, 7) is 5.09. The summed E-state index contributed by atoms with van der Waals surface area (Å²) in [7, 11) is 0. The molecule has 0 bridgehead atoms. The second-order valence-electron chi connectivity index (χ2n) is 3.75. The lowest BCUT2D eigenvalue weighted by atomic mass is 10.4. The van der Waals surface area contributed by atoms with Crippen LogP contribution in [0.25, 0.3) is 0 Å². The minimum Gasteiger partial charge on any atom is -0.477 e. The predicted molar refractivity (Wildman–Crippen MR) is 60.9 cm³/mol. The fourth-order valence-electron chi connectivity index (χ4n) is 1.77. The Kier molecular flexibility index (Phi) is 2.95. The molecule has 2 rings (SSSR count). The van der Waals surface area contributed by atoms with E-state index in [4.69, 9.17) is 5.11 Å². The molecular formula is C11H14N4O2. The zero-order valence-electron chi connectivity index (χ0n) is 9.79. The number of imidazole rings is 2. The number of nitrogens with zero attached hydrogens (tertiary/aromatic N) is 4. The van der Waals surface area contributed by atoms with Crippen molar-refractivity contribution in [3.63, 3.8) is 0 Å². The zero-order valence-corrected chi connectivity index (χ0v) is 9.79. The molecule has 2 heterocycles. The van der Waals surface area contributed by atoms with E-state index >= 15 is 0 Å². The van der Waals surface area contributed by atoms with Crippen molar-refractivity contribution in [3.05, 3.63) is 35.9 Å². The van der Waals surface area contributed by atoms with Gasteiger partial charge in [0, 0.05) is 12.7 Å². The first kappa shape index (κ1) is 11.4. The van der Waals surface area contributed by atoms with Gasteiger partial charge in [0.1, 0.15) is 11.5 Å². The predicted octanol–water partition coefficient (Wildman–Crippen LogP) is 1.15. The minimum atomic E-state index is -0.965. The number of carboxylic acid groups (broad SMARTS) is 1. The van der Waals surface area contributed by atoms with E-state index in [1.807, 2.05) is 11.5 Å². The lowest BCUT2D eigenvalue weighted by molar-refractivity contribution is 0.0685. The summed E-state index contributed by atoms with van der Waals surface area (Å²) >= 11 is 0. The van der Waals surface area contributed by atoms with Gasteiger partial charge in [0.25, 0.3) is 0 Å². The third-order valence-electron chi connectivity index (χ3n) is 2.73. The second-order valence-corrected chi connectivity index (χ2v) is 3.75. The number of aromatic nitrogens is 4. The monoisotopic (exact) mass is 234 g/mol. The maximum atomic E-state index is 11.0. The summed E-state index contributed by atoms with van der Waals surface area (Å²) in [5.41, 5.74) is 1.17. The maximum absolute atomic E-state index is 11.0. The summed E-state index contributed by atoms with van der Waals surface area (Å²) in [4.78, 5) is 19.1. The Labute approximate surface area is 98.5 Å². The Morgan fingerprint density at radius 3 is 2.88 bits per heavy atom. The lowest BCUT2D eigenvalue weighted by Crippen LogP contribution is -2.13. The number of hydrogen-bond donors (Lipinski definition) is 1. The second kappa shape index (κ2) is 4.40. The summed E-state index contributed by atoms with van der Waals surface area (Å²) in [5.74, 6) is -0.278. The van der Waals surface area contributed by atoms with Crippen molar-refractivity contribution in [3.8, 4) is 0 Å². The summed E-state index contributed by atoms with van der Waals surface area (Å²) in [6, 6.07) is 0. The Morgan fingerprint density at radius 1 is 1.47 bits per heavy atom. The van der Waals surface area contributed by atoms with Crippen molar-refractivity contribution in [2.45, 2.75) is 26.9 Å². The molecular weight excluding hydrogens is 220 g/mol. The highest BCUT2D eigenvalue weighted by molar-refractivity contribution is 5.85. The number of rotatable bonds is 4. The van der Waals surface area contributed by atoms with Gasteiger partial charge in [-0.15, -0.1) is 0 Å². The van der Waals surface area contributed by atoms with E-state index in [-0.39, 0.29) is 5.69 Å². The molecule has 0 saturated carbocycles. The quantitative estimate of drug-likeness (QED) is 0.861. The first-order chi connectivity index (χ1) is 8.13. The van der Waals surface area contributed by atoms with Crippen molar-refractivity contribution in [1.29, 1.82) is 0 Å². The summed E-state index contributed by atoms with van der Waals surface area (Å²) in [5, 5.41) is 9.05. The van der Waals surface area contributed by atoms with E-state index in [0.717, 1.165) is 12.2 Å². The Morgan fingerprint density at radius 2 is 2.24 bits per heavy atom. The number of aromatic carboxylic acids is 1. The molecule has 0 saturated heterocycles. The van der Waals surface area contributed by atoms with Gasteiger partial charge in [-0.1, -0.05) is 0 Å².